The molecule has 1 saturated heterocycles. The molecule has 13 nitrogen and oxygen atoms in total. The summed E-state index contributed by atoms with van der Waals surface area (Å²) in [6.07, 6.45) is 0.827. The third kappa shape index (κ3) is 9.65. The number of para-hydroxylation sites is 1. The van der Waals surface area contributed by atoms with Gasteiger partial charge in [-0.3, -0.25) is 9.36 Å². The van der Waals surface area contributed by atoms with Crippen molar-refractivity contribution in [1.82, 2.24) is 10.6 Å². The van der Waals surface area contributed by atoms with Crippen molar-refractivity contribution < 1.29 is 51.9 Å². The van der Waals surface area contributed by atoms with E-state index in [4.69, 9.17) is 27.8 Å². The summed E-state index contributed by atoms with van der Waals surface area (Å²) in [4.78, 5) is 40.4. The van der Waals surface area contributed by atoms with Crippen LogP contribution < -0.4 is 20.7 Å². The Kier molecular flexibility index (Phi) is 13.1. The highest BCUT2D eigenvalue weighted by Gasteiger charge is 2.68. The Labute approximate surface area is 363 Å². The van der Waals surface area contributed by atoms with Gasteiger partial charge in [-0.25, -0.2) is 9.59 Å². The molecule has 0 radical (unpaired) electrons. The largest absolute Gasteiger partial charge is 0.496 e. The Morgan fingerprint density at radius 3 is 2.02 bits per heavy atom. The lowest BCUT2D eigenvalue weighted by Crippen LogP contribution is -2.65. The number of benzene rings is 4. The highest BCUT2D eigenvalue weighted by molar-refractivity contribution is 7.62. The van der Waals surface area contributed by atoms with Crippen molar-refractivity contribution in [2.75, 3.05) is 7.11 Å². The van der Waals surface area contributed by atoms with E-state index in [9.17, 15) is 24.1 Å². The molecule has 3 aliphatic carbocycles. The Hall–Kier alpha value is -4.98. The molecule has 6 atom stereocenters. The number of hydrogen-bond donors (Lipinski definition) is 3. The fourth-order valence-electron chi connectivity index (χ4n) is 9.17. The molecule has 0 aromatic heterocycles. The first-order valence-corrected chi connectivity index (χ1v) is 22.5. The lowest BCUT2D eigenvalue weighted by molar-refractivity contribution is -0.199. The number of carboxylic acids is 1. The molecule has 15 heteroatoms. The maximum absolute atomic E-state index is 14.8. The molecule has 1 heterocycles. The Morgan fingerprint density at radius 1 is 0.855 bits per heavy atom. The minimum atomic E-state index is -3.96. The van der Waals surface area contributed by atoms with Gasteiger partial charge in [-0.15, -0.1) is 0 Å². The van der Waals surface area contributed by atoms with Gasteiger partial charge in [-0.05, 0) is 105 Å². The van der Waals surface area contributed by atoms with Crippen molar-refractivity contribution in [1.29, 1.82) is 0 Å². The van der Waals surface area contributed by atoms with Crippen LogP contribution in [0.2, 0.25) is 0 Å². The molecular weight excluding hydrogens is 810 g/mol. The minimum absolute atomic E-state index is 0.0194. The van der Waals surface area contributed by atoms with Crippen LogP contribution in [0.15, 0.2) is 103 Å². The van der Waals surface area contributed by atoms with Crippen LogP contribution in [0.1, 0.15) is 93.0 Å². The standard InChI is InChI=1S/C47H56BN2O11P/c1-45(2,3)59-44(54)50-40(32-21-23-35(24-22-32)62(55,57-28-30-15-10-8-11-16-30)58-29-31-17-12-9-13-18-31)42(51)49-39(25-33-19-14-20-36(43(52)53)41(33)56-7)48-60-38-27-34-26-37(46(34,4)5)47(38,6)61-48/h8-24,34,37-40H,25-29H2,1-7H3,(H,49,51)(H,50,54)(H,52,53)/t34-,37-,38+,39-,40?,47-/m0/s1. The van der Waals surface area contributed by atoms with Gasteiger partial charge < -0.3 is 43.6 Å². The monoisotopic (exact) mass is 866 g/mol. The van der Waals surface area contributed by atoms with Gasteiger partial charge in [0, 0.05) is 0 Å². The second-order valence-electron chi connectivity index (χ2n) is 18.1. The third-order valence-corrected chi connectivity index (χ3v) is 14.4. The van der Waals surface area contributed by atoms with Gasteiger partial charge in [0.25, 0.3) is 0 Å². The summed E-state index contributed by atoms with van der Waals surface area (Å²) < 4.78 is 51.5. The van der Waals surface area contributed by atoms with E-state index in [1.54, 1.807) is 57.2 Å². The van der Waals surface area contributed by atoms with E-state index in [1.165, 1.54) is 13.2 Å². The number of methoxy groups -OCH3 is 1. The first kappa shape index (κ1) is 45.1. The summed E-state index contributed by atoms with van der Waals surface area (Å²) in [6.45, 7) is 11.8. The highest BCUT2D eigenvalue weighted by atomic mass is 31.2. The predicted molar refractivity (Wildman–Crippen MR) is 234 cm³/mol. The Bertz CT molecular complexity index is 2240. The number of aromatic carboxylic acids is 1. The van der Waals surface area contributed by atoms with Crippen molar-refractivity contribution in [2.24, 2.45) is 17.3 Å². The number of hydrogen-bond acceptors (Lipinski definition) is 10. The quantitative estimate of drug-likeness (QED) is 0.0734. The molecule has 3 N–H and O–H groups in total. The second-order valence-corrected chi connectivity index (χ2v) is 20.2. The molecule has 328 valence electrons. The van der Waals surface area contributed by atoms with Gasteiger partial charge >= 0.3 is 26.8 Å². The number of rotatable bonds is 16. The zero-order valence-corrected chi connectivity index (χ0v) is 37.2. The van der Waals surface area contributed by atoms with E-state index in [0.29, 0.717) is 17.0 Å². The van der Waals surface area contributed by atoms with E-state index in [2.05, 4.69) is 31.4 Å². The molecule has 4 aromatic carbocycles. The van der Waals surface area contributed by atoms with E-state index in [-0.39, 0.29) is 53.7 Å². The van der Waals surface area contributed by atoms with Crippen LogP contribution in [0.4, 0.5) is 4.79 Å². The molecule has 4 fully saturated rings. The number of amides is 2. The topological polar surface area (TPSA) is 168 Å². The average Bonchev–Trinajstić information content (AvgIpc) is 3.61. The minimum Gasteiger partial charge on any atom is -0.496 e. The molecule has 3 saturated carbocycles. The number of ether oxygens (including phenoxy) is 2. The maximum atomic E-state index is 14.8. The van der Waals surface area contributed by atoms with Gasteiger partial charge in [0.05, 0.1) is 43.3 Å². The lowest BCUT2D eigenvalue weighted by Gasteiger charge is -2.64. The summed E-state index contributed by atoms with van der Waals surface area (Å²) in [6, 6.07) is 28.4. The zero-order chi connectivity index (χ0) is 44.5. The number of carbonyl (C=O) groups is 3. The molecule has 1 unspecified atom stereocenters. The third-order valence-electron chi connectivity index (χ3n) is 12.5. The van der Waals surface area contributed by atoms with E-state index in [1.807, 2.05) is 60.7 Å². The molecule has 8 rings (SSSR count). The summed E-state index contributed by atoms with van der Waals surface area (Å²) in [5.41, 5.74) is 0.977. The van der Waals surface area contributed by atoms with Crippen molar-refractivity contribution in [3.63, 3.8) is 0 Å². The number of carboxylic acid groups (broad SMARTS) is 1. The summed E-state index contributed by atoms with van der Waals surface area (Å²) >= 11 is 0. The number of carbonyl (C=O) groups excluding carboxylic acids is 2. The fourth-order valence-corrected chi connectivity index (χ4v) is 10.7. The zero-order valence-electron chi connectivity index (χ0n) is 36.3. The van der Waals surface area contributed by atoms with Crippen LogP contribution in [0.25, 0.3) is 0 Å². The molecular formula is C47H56BN2O11P. The maximum Gasteiger partial charge on any atom is 0.482 e. The average molecular weight is 867 g/mol. The van der Waals surface area contributed by atoms with Gasteiger partial charge in [-0.2, -0.15) is 0 Å². The first-order chi connectivity index (χ1) is 29.4. The highest BCUT2D eigenvalue weighted by Crippen LogP contribution is 2.65. The lowest BCUT2D eigenvalue weighted by atomic mass is 9.43. The molecule has 2 amide bonds. The summed E-state index contributed by atoms with van der Waals surface area (Å²) in [5, 5.41) is 16.1. The van der Waals surface area contributed by atoms with E-state index >= 15 is 0 Å². The van der Waals surface area contributed by atoms with Gasteiger partial charge in [0.1, 0.15) is 23.0 Å². The van der Waals surface area contributed by atoms with Gasteiger partial charge in [-0.1, -0.05) is 98.8 Å². The number of alkyl carbamates (subject to hydrolysis) is 1. The van der Waals surface area contributed by atoms with Gasteiger partial charge in [0.2, 0.25) is 5.91 Å². The fraction of sp³-hybridized carbons (Fsp3) is 0.426. The van der Waals surface area contributed by atoms with Crippen molar-refractivity contribution in [3.05, 3.63) is 131 Å². The molecule has 1 aliphatic heterocycles. The van der Waals surface area contributed by atoms with Crippen molar-refractivity contribution in [2.45, 2.75) is 103 Å². The van der Waals surface area contributed by atoms with Crippen molar-refractivity contribution >= 4 is 38.0 Å². The van der Waals surface area contributed by atoms with E-state index < -0.39 is 55.9 Å². The predicted octanol–water partition coefficient (Wildman–Crippen LogP) is 8.21. The smallest absolute Gasteiger partial charge is 0.482 e. The normalized spacial score (nSPS) is 22.4. The molecule has 0 spiro atoms. The van der Waals surface area contributed by atoms with Gasteiger partial charge in [0.15, 0.2) is 0 Å². The molecule has 2 bridgehead atoms. The van der Waals surface area contributed by atoms with Crippen LogP contribution in [0.3, 0.4) is 0 Å². The summed E-state index contributed by atoms with van der Waals surface area (Å²) in [7, 11) is -3.49. The Morgan fingerprint density at radius 2 is 1.47 bits per heavy atom. The molecule has 4 aromatic rings. The van der Waals surface area contributed by atoms with Crippen molar-refractivity contribution in [3.8, 4) is 5.75 Å². The van der Waals surface area contributed by atoms with Crippen LogP contribution in [0, 0.1) is 17.3 Å². The van der Waals surface area contributed by atoms with Crippen LogP contribution in [-0.2, 0) is 52.1 Å². The van der Waals surface area contributed by atoms with Crippen LogP contribution in [-0.4, -0.2) is 60.6 Å². The second kappa shape index (κ2) is 18.0. The Balaban J connectivity index is 1.20. The molecule has 4 aliphatic rings. The summed E-state index contributed by atoms with van der Waals surface area (Å²) in [5.74, 6) is -1.80. The van der Waals surface area contributed by atoms with E-state index in [0.717, 1.165) is 24.0 Å². The van der Waals surface area contributed by atoms with Crippen LogP contribution >= 0.6 is 7.60 Å². The first-order valence-electron chi connectivity index (χ1n) is 21.0. The molecule has 62 heavy (non-hydrogen) atoms. The number of nitrogens with one attached hydrogen (secondary N) is 2. The van der Waals surface area contributed by atoms with Crippen LogP contribution in [0.5, 0.6) is 5.75 Å². The SMILES string of the molecule is COc1c(C[C@H](NC(=O)C(NC(=O)OC(C)(C)C)c2ccc(P(=O)(OCc3ccccc3)OCc3ccccc3)cc2)B2O[C@@H]3C[C@@H]4C[C@@H](C4(C)C)[C@]3(C)O2)cccc1C(=O)O.